The standard InChI is InChI=1S/C15H22O8/c1-6-4-8(17)7-2-3-21-14(10(6)7)23-15-13(20)12(19)11(18)9(5-16)22-15/h2-4,7-20H,5H2,1H3/t7-,8+,9+,10-,11+,12-,13+,14+,15-/m1/s1. The summed E-state index contributed by atoms with van der Waals surface area (Å²) in [5.74, 6) is -0.444. The Kier molecular flexibility index (Phi) is 4.75. The second-order valence-electron chi connectivity index (χ2n) is 6.17. The minimum atomic E-state index is -1.51. The fraction of sp³-hybridized carbons (Fsp3) is 0.733. The Morgan fingerprint density at radius 2 is 1.83 bits per heavy atom. The quantitative estimate of drug-likeness (QED) is 0.384. The monoisotopic (exact) mass is 330 g/mol. The lowest BCUT2D eigenvalue weighted by molar-refractivity contribution is -0.339. The second kappa shape index (κ2) is 6.48. The van der Waals surface area contributed by atoms with Crippen LogP contribution in [0.1, 0.15) is 6.92 Å². The maximum absolute atomic E-state index is 10.0. The summed E-state index contributed by atoms with van der Waals surface area (Å²) in [7, 11) is 0. The van der Waals surface area contributed by atoms with Gasteiger partial charge in [0.25, 0.3) is 0 Å². The van der Waals surface area contributed by atoms with Crippen LogP contribution in [0, 0.1) is 11.8 Å². The predicted octanol–water partition coefficient (Wildman–Crippen LogP) is -1.77. The Hall–Kier alpha value is -1.00. The van der Waals surface area contributed by atoms with Gasteiger partial charge in [-0.3, -0.25) is 0 Å². The third kappa shape index (κ3) is 2.91. The molecular formula is C15H22O8. The van der Waals surface area contributed by atoms with Crippen LogP contribution < -0.4 is 0 Å². The molecule has 3 rings (SSSR count). The summed E-state index contributed by atoms with van der Waals surface area (Å²) in [6, 6.07) is 0. The molecule has 1 fully saturated rings. The van der Waals surface area contributed by atoms with Crippen molar-refractivity contribution >= 4 is 0 Å². The summed E-state index contributed by atoms with van der Waals surface area (Å²) in [5.41, 5.74) is 0.890. The van der Waals surface area contributed by atoms with Crippen LogP contribution in [0.5, 0.6) is 0 Å². The van der Waals surface area contributed by atoms with Gasteiger partial charge >= 0.3 is 0 Å². The van der Waals surface area contributed by atoms with Crippen molar-refractivity contribution in [2.24, 2.45) is 11.8 Å². The largest absolute Gasteiger partial charge is 0.472 e. The van der Waals surface area contributed by atoms with Crippen molar-refractivity contribution in [3.05, 3.63) is 24.0 Å². The van der Waals surface area contributed by atoms with Crippen LogP contribution >= 0.6 is 0 Å². The van der Waals surface area contributed by atoms with E-state index in [4.69, 9.17) is 14.2 Å². The topological polar surface area (TPSA) is 129 Å². The number of hydrogen-bond acceptors (Lipinski definition) is 8. The number of hydrogen-bond donors (Lipinski definition) is 5. The Morgan fingerprint density at radius 1 is 1.09 bits per heavy atom. The first-order valence-corrected chi connectivity index (χ1v) is 7.58. The maximum atomic E-state index is 10.0. The first kappa shape index (κ1) is 16.8. The highest BCUT2D eigenvalue weighted by atomic mass is 16.8. The summed E-state index contributed by atoms with van der Waals surface area (Å²) in [6.45, 7) is 1.32. The number of ether oxygens (including phenoxy) is 3. The number of rotatable bonds is 3. The molecule has 0 spiro atoms. The molecule has 0 saturated carbocycles. The first-order chi connectivity index (χ1) is 10.9. The lowest BCUT2D eigenvalue weighted by atomic mass is 9.88. The summed E-state index contributed by atoms with van der Waals surface area (Å²) in [4.78, 5) is 0. The number of aliphatic hydroxyl groups excluding tert-OH is 5. The number of fused-ring (bicyclic) bond motifs is 1. The molecule has 9 atom stereocenters. The van der Waals surface area contributed by atoms with Crippen molar-refractivity contribution < 1.29 is 39.7 Å². The van der Waals surface area contributed by atoms with E-state index in [9.17, 15) is 25.5 Å². The van der Waals surface area contributed by atoms with Gasteiger partial charge in [-0.15, -0.1) is 0 Å². The van der Waals surface area contributed by atoms with E-state index < -0.39 is 49.7 Å². The Balaban J connectivity index is 1.73. The van der Waals surface area contributed by atoms with Crippen molar-refractivity contribution in [1.82, 2.24) is 0 Å². The smallest absolute Gasteiger partial charge is 0.208 e. The zero-order valence-electron chi connectivity index (χ0n) is 12.6. The van der Waals surface area contributed by atoms with Crippen LogP contribution in [-0.2, 0) is 14.2 Å². The molecule has 1 saturated heterocycles. The van der Waals surface area contributed by atoms with Crippen molar-refractivity contribution in [2.75, 3.05) is 6.61 Å². The van der Waals surface area contributed by atoms with Crippen LogP contribution in [0.2, 0.25) is 0 Å². The van der Waals surface area contributed by atoms with Crippen molar-refractivity contribution in [1.29, 1.82) is 0 Å². The van der Waals surface area contributed by atoms with Crippen molar-refractivity contribution in [2.45, 2.75) is 50.0 Å². The molecule has 8 heteroatoms. The van der Waals surface area contributed by atoms with Gasteiger partial charge in [-0.2, -0.15) is 0 Å². The van der Waals surface area contributed by atoms with Gasteiger partial charge in [0.05, 0.1) is 24.9 Å². The molecular weight excluding hydrogens is 308 g/mol. The van der Waals surface area contributed by atoms with Gasteiger partial charge in [0.15, 0.2) is 6.29 Å². The fourth-order valence-corrected chi connectivity index (χ4v) is 3.36. The third-order valence-electron chi connectivity index (χ3n) is 4.69. The predicted molar refractivity (Wildman–Crippen MR) is 75.6 cm³/mol. The van der Waals surface area contributed by atoms with Gasteiger partial charge in [-0.05, 0) is 13.0 Å². The van der Waals surface area contributed by atoms with Gasteiger partial charge in [0, 0.05) is 5.92 Å². The maximum Gasteiger partial charge on any atom is 0.208 e. The zero-order valence-corrected chi connectivity index (χ0v) is 12.6. The van der Waals surface area contributed by atoms with Crippen molar-refractivity contribution in [3.63, 3.8) is 0 Å². The molecule has 3 aliphatic rings. The fourth-order valence-electron chi connectivity index (χ4n) is 3.36. The van der Waals surface area contributed by atoms with Crippen LogP contribution in [0.4, 0.5) is 0 Å². The molecule has 2 aliphatic heterocycles. The Morgan fingerprint density at radius 3 is 2.52 bits per heavy atom. The molecule has 2 heterocycles. The van der Waals surface area contributed by atoms with Crippen LogP contribution in [0.25, 0.3) is 0 Å². The minimum Gasteiger partial charge on any atom is -0.472 e. The van der Waals surface area contributed by atoms with Gasteiger partial charge in [0.1, 0.15) is 24.4 Å². The molecule has 0 unspecified atom stereocenters. The third-order valence-corrected chi connectivity index (χ3v) is 4.69. The SMILES string of the molecule is CC1=C[C@H](O)[C@H]2C=CO[C@@H](O[C@H]3O[C@@H](CO)[C@H](O)[C@@H](O)[C@@H]3O)[C@H]12. The highest BCUT2D eigenvalue weighted by molar-refractivity contribution is 5.23. The van der Waals surface area contributed by atoms with Gasteiger partial charge < -0.3 is 39.7 Å². The molecule has 0 radical (unpaired) electrons. The van der Waals surface area contributed by atoms with Gasteiger partial charge in [0.2, 0.25) is 6.29 Å². The summed E-state index contributed by atoms with van der Waals surface area (Å²) in [5, 5.41) is 48.8. The van der Waals surface area contributed by atoms with E-state index in [0.717, 1.165) is 5.57 Å². The summed E-state index contributed by atoms with van der Waals surface area (Å²) in [6.07, 6.45) is -3.32. The molecule has 5 N–H and O–H groups in total. The summed E-state index contributed by atoms with van der Waals surface area (Å²) < 4.78 is 16.4. The van der Waals surface area contributed by atoms with E-state index in [1.807, 2.05) is 6.92 Å². The molecule has 0 aromatic carbocycles. The van der Waals surface area contributed by atoms with Gasteiger partial charge in [-0.25, -0.2) is 0 Å². The van der Waals surface area contributed by atoms with Crippen LogP contribution in [0.15, 0.2) is 24.0 Å². The number of aliphatic hydroxyl groups is 5. The van der Waals surface area contributed by atoms with E-state index in [1.165, 1.54) is 6.26 Å². The van der Waals surface area contributed by atoms with Gasteiger partial charge in [-0.1, -0.05) is 11.6 Å². The molecule has 0 aromatic heterocycles. The van der Waals surface area contributed by atoms with E-state index >= 15 is 0 Å². The van der Waals surface area contributed by atoms with E-state index in [1.54, 1.807) is 12.2 Å². The molecule has 0 bridgehead atoms. The van der Waals surface area contributed by atoms with E-state index in [2.05, 4.69) is 0 Å². The highest BCUT2D eigenvalue weighted by Crippen LogP contribution is 2.40. The zero-order chi connectivity index (χ0) is 16.7. The molecule has 0 aromatic rings. The Labute approximate surface area is 133 Å². The second-order valence-corrected chi connectivity index (χ2v) is 6.17. The molecule has 130 valence electrons. The Bertz CT molecular complexity index is 490. The van der Waals surface area contributed by atoms with E-state index in [0.29, 0.717) is 0 Å². The van der Waals surface area contributed by atoms with Crippen LogP contribution in [-0.4, -0.2) is 75.2 Å². The molecule has 1 aliphatic carbocycles. The molecule has 0 amide bonds. The average Bonchev–Trinajstić information content (AvgIpc) is 2.83. The average molecular weight is 330 g/mol. The highest BCUT2D eigenvalue weighted by Gasteiger charge is 2.48. The van der Waals surface area contributed by atoms with E-state index in [-0.39, 0.29) is 11.8 Å². The lowest BCUT2D eigenvalue weighted by Gasteiger charge is -2.42. The molecule has 8 nitrogen and oxygen atoms in total. The van der Waals surface area contributed by atoms with Crippen LogP contribution in [0.3, 0.4) is 0 Å². The lowest BCUT2D eigenvalue weighted by Crippen LogP contribution is -2.60. The minimum absolute atomic E-state index is 0.196. The molecule has 23 heavy (non-hydrogen) atoms. The summed E-state index contributed by atoms with van der Waals surface area (Å²) >= 11 is 0. The first-order valence-electron chi connectivity index (χ1n) is 7.58. The van der Waals surface area contributed by atoms with Crippen molar-refractivity contribution in [3.8, 4) is 0 Å². The normalized spacial score (nSPS) is 49.5.